The van der Waals surface area contributed by atoms with E-state index in [0.717, 1.165) is 0 Å². The quantitative estimate of drug-likeness (QED) is 0.328. The molecule has 4 rings (SSSR count). The highest BCUT2D eigenvalue weighted by Gasteiger charge is 2.41. The normalized spacial score (nSPS) is 18.9. The molecule has 10 nitrogen and oxygen atoms in total. The highest BCUT2D eigenvalue weighted by atomic mass is 19.4. The van der Waals surface area contributed by atoms with Crippen LogP contribution in [0.3, 0.4) is 0 Å². The predicted octanol–water partition coefficient (Wildman–Crippen LogP) is 3.47. The van der Waals surface area contributed by atoms with Gasteiger partial charge in [-0.1, -0.05) is 30.3 Å². The predicted molar refractivity (Wildman–Crippen MR) is 148 cm³/mol. The van der Waals surface area contributed by atoms with Gasteiger partial charge in [-0.2, -0.15) is 18.3 Å². The Hall–Kier alpha value is -3.81. The van der Waals surface area contributed by atoms with Gasteiger partial charge in [-0.05, 0) is 68.8 Å². The van der Waals surface area contributed by atoms with Crippen molar-refractivity contribution in [3.05, 3.63) is 83.0 Å². The lowest BCUT2D eigenvalue weighted by atomic mass is 9.81. The molecule has 1 saturated carbocycles. The molecule has 1 fully saturated rings. The SMILES string of the molecule is CN(Cc1ccn(-c2ncccc2C(=O)N([O-])C(Cc2ccccc2)C(O)C(N)=O)n1)CC1CCC(C(F)(F)F)CC1. The largest absolute Gasteiger partial charge is 0.756 e. The summed E-state index contributed by atoms with van der Waals surface area (Å²) in [5, 5.41) is 28.2. The third-order valence-electron chi connectivity index (χ3n) is 7.63. The van der Waals surface area contributed by atoms with Gasteiger partial charge in [0.1, 0.15) is 0 Å². The number of nitrogens with two attached hydrogens (primary N) is 1. The second-order valence-electron chi connectivity index (χ2n) is 10.8. The zero-order valence-electron chi connectivity index (χ0n) is 23.2. The monoisotopic (exact) mass is 587 g/mol. The van der Waals surface area contributed by atoms with Crippen molar-refractivity contribution in [2.75, 3.05) is 13.6 Å². The maximum absolute atomic E-state index is 13.4. The van der Waals surface area contributed by atoms with Crippen molar-refractivity contribution >= 4 is 11.8 Å². The van der Waals surface area contributed by atoms with Crippen molar-refractivity contribution in [2.24, 2.45) is 17.6 Å². The molecule has 2 aromatic heterocycles. The molecule has 1 aliphatic carbocycles. The number of primary amides is 1. The van der Waals surface area contributed by atoms with E-state index in [4.69, 9.17) is 5.73 Å². The minimum atomic E-state index is -4.14. The van der Waals surface area contributed by atoms with Crippen LogP contribution in [0.2, 0.25) is 0 Å². The number of nitrogens with zero attached hydrogens (tertiary/aromatic N) is 5. The van der Waals surface area contributed by atoms with Crippen LogP contribution in [0, 0.1) is 17.0 Å². The second-order valence-corrected chi connectivity index (χ2v) is 10.8. The molecule has 13 heteroatoms. The van der Waals surface area contributed by atoms with Gasteiger partial charge in [0, 0.05) is 25.5 Å². The third-order valence-corrected chi connectivity index (χ3v) is 7.63. The lowest BCUT2D eigenvalue weighted by molar-refractivity contribution is -0.184. The molecule has 0 aliphatic heterocycles. The number of benzene rings is 1. The minimum Gasteiger partial charge on any atom is -0.756 e. The number of hydroxylamine groups is 2. The van der Waals surface area contributed by atoms with Gasteiger partial charge in [0.2, 0.25) is 11.8 Å². The standard InChI is InChI=1S/C29H34F3N6O4/c1-36(17-20-9-11-21(12-10-20)29(30,31)32)18-22-13-15-37(35-22)27-23(8-5-14-34-27)28(41)38(42)24(25(39)26(33)40)16-19-6-3-2-4-7-19/h2-8,13-15,20-21,24-25,39H,9-12,16-18H2,1H3,(H2,33,40)/q-1. The smallest absolute Gasteiger partial charge is 0.391 e. The van der Waals surface area contributed by atoms with Crippen molar-refractivity contribution < 1.29 is 27.9 Å². The maximum atomic E-state index is 13.4. The molecule has 0 spiro atoms. The van der Waals surface area contributed by atoms with Crippen LogP contribution in [0.5, 0.6) is 0 Å². The van der Waals surface area contributed by atoms with Gasteiger partial charge in [-0.3, -0.25) is 9.59 Å². The van der Waals surface area contributed by atoms with Crippen LogP contribution in [0.1, 0.15) is 47.3 Å². The second kappa shape index (κ2) is 13.4. The molecule has 1 aromatic carbocycles. The van der Waals surface area contributed by atoms with E-state index >= 15 is 0 Å². The van der Waals surface area contributed by atoms with Gasteiger partial charge >= 0.3 is 6.18 Å². The average Bonchev–Trinajstić information content (AvgIpc) is 3.43. The number of hydrogen-bond acceptors (Lipinski definition) is 7. The van der Waals surface area contributed by atoms with Crippen molar-refractivity contribution in [1.29, 1.82) is 0 Å². The number of carbonyl (C=O) groups excluding carboxylic acids is 2. The Kier molecular flexibility index (Phi) is 9.97. The zero-order chi connectivity index (χ0) is 30.4. The summed E-state index contributed by atoms with van der Waals surface area (Å²) in [6.07, 6.45) is -1.79. The average molecular weight is 588 g/mol. The molecule has 3 N–H and O–H groups in total. The lowest BCUT2D eigenvalue weighted by Gasteiger charge is -2.39. The first kappa shape index (κ1) is 31.1. The molecule has 2 unspecified atom stereocenters. The number of pyridine rings is 1. The molecule has 42 heavy (non-hydrogen) atoms. The van der Waals surface area contributed by atoms with Crippen molar-refractivity contribution in [3.8, 4) is 5.82 Å². The molecule has 0 saturated heterocycles. The van der Waals surface area contributed by atoms with E-state index in [2.05, 4.69) is 10.1 Å². The third kappa shape index (κ3) is 7.72. The Morgan fingerprint density at radius 1 is 1.12 bits per heavy atom. The lowest BCUT2D eigenvalue weighted by Crippen LogP contribution is -2.50. The Bertz CT molecular complexity index is 1340. The molecule has 226 valence electrons. The van der Waals surface area contributed by atoms with E-state index in [0.29, 0.717) is 37.2 Å². The first-order valence-corrected chi connectivity index (χ1v) is 13.7. The number of hydrogen-bond donors (Lipinski definition) is 2. The summed E-state index contributed by atoms with van der Waals surface area (Å²) in [5.74, 6) is -3.14. The van der Waals surface area contributed by atoms with Gasteiger partial charge in [0.05, 0.1) is 23.2 Å². The van der Waals surface area contributed by atoms with Crippen molar-refractivity contribution in [2.45, 2.75) is 57.0 Å². The summed E-state index contributed by atoms with van der Waals surface area (Å²) in [5.41, 5.74) is 6.44. The van der Waals surface area contributed by atoms with E-state index in [1.807, 2.05) is 11.9 Å². The fraction of sp³-hybridized carbons (Fsp3) is 0.448. The molecule has 3 aromatic rings. The Balaban J connectivity index is 1.45. The van der Waals surface area contributed by atoms with Crippen LogP contribution in [0.25, 0.3) is 5.82 Å². The number of rotatable bonds is 11. The van der Waals surface area contributed by atoms with Crippen LogP contribution >= 0.6 is 0 Å². The van der Waals surface area contributed by atoms with E-state index in [1.54, 1.807) is 42.6 Å². The fourth-order valence-electron chi connectivity index (χ4n) is 5.40. The molecule has 2 amide bonds. The van der Waals surface area contributed by atoms with Gasteiger partial charge in [0.15, 0.2) is 11.9 Å². The molecule has 2 atom stereocenters. The summed E-state index contributed by atoms with van der Waals surface area (Å²) in [7, 11) is 1.87. The van der Waals surface area contributed by atoms with E-state index in [1.165, 1.54) is 23.0 Å². The first-order chi connectivity index (χ1) is 19.9. The summed E-state index contributed by atoms with van der Waals surface area (Å²) in [6, 6.07) is 11.7. The highest BCUT2D eigenvalue weighted by molar-refractivity contribution is 5.98. The number of aromatic nitrogens is 3. The number of carbonyl (C=O) groups is 2. The van der Waals surface area contributed by atoms with Crippen molar-refractivity contribution in [1.82, 2.24) is 24.7 Å². The summed E-state index contributed by atoms with van der Waals surface area (Å²) in [4.78, 5) is 31.4. The number of halogens is 3. The number of alkyl halides is 3. The minimum absolute atomic E-state index is 0.0502. The van der Waals surface area contributed by atoms with Gasteiger partial charge in [0.25, 0.3) is 0 Å². The van der Waals surface area contributed by atoms with Gasteiger partial charge in [-0.25, -0.2) is 9.67 Å². The van der Waals surface area contributed by atoms with Gasteiger partial charge < -0.3 is 26.0 Å². The van der Waals surface area contributed by atoms with Crippen LogP contribution in [-0.4, -0.2) is 73.6 Å². The van der Waals surface area contributed by atoms with E-state index in [9.17, 15) is 33.1 Å². The molecular formula is C29H34F3N6O4-. The molecule has 1 aliphatic rings. The van der Waals surface area contributed by atoms with Crippen LogP contribution in [0.4, 0.5) is 13.2 Å². The maximum Gasteiger partial charge on any atom is 0.391 e. The Labute approximate surface area is 241 Å². The molecule has 0 bridgehead atoms. The number of aliphatic hydroxyl groups excluding tert-OH is 1. The Morgan fingerprint density at radius 2 is 1.81 bits per heavy atom. The van der Waals surface area contributed by atoms with Gasteiger partial charge in [-0.15, -0.1) is 0 Å². The van der Waals surface area contributed by atoms with Crippen LogP contribution in [0.15, 0.2) is 60.9 Å². The summed E-state index contributed by atoms with van der Waals surface area (Å²) in [6.45, 7) is 1.04. The summed E-state index contributed by atoms with van der Waals surface area (Å²) < 4.78 is 40.3. The first-order valence-electron chi connectivity index (χ1n) is 13.7. The number of amides is 2. The van der Waals surface area contributed by atoms with Crippen molar-refractivity contribution in [3.63, 3.8) is 0 Å². The van der Waals surface area contributed by atoms with Crippen LogP contribution < -0.4 is 5.73 Å². The topological polar surface area (TPSA) is 141 Å². The molecular weight excluding hydrogens is 553 g/mol. The van der Waals surface area contributed by atoms with E-state index in [-0.39, 0.29) is 41.6 Å². The fourth-order valence-corrected chi connectivity index (χ4v) is 5.40. The molecule has 0 radical (unpaired) electrons. The molecule has 2 heterocycles. The summed E-state index contributed by atoms with van der Waals surface area (Å²) >= 11 is 0. The zero-order valence-corrected chi connectivity index (χ0v) is 23.2. The Morgan fingerprint density at radius 3 is 2.45 bits per heavy atom. The van der Waals surface area contributed by atoms with E-state index < -0.39 is 36.1 Å². The highest BCUT2D eigenvalue weighted by Crippen LogP contribution is 2.39. The number of aliphatic hydroxyl groups is 1. The van der Waals surface area contributed by atoms with Crippen LogP contribution in [-0.2, 0) is 17.8 Å².